The van der Waals surface area contributed by atoms with Crippen molar-refractivity contribution in [3.63, 3.8) is 0 Å². The summed E-state index contributed by atoms with van der Waals surface area (Å²) in [5.41, 5.74) is 3.10. The number of para-hydroxylation sites is 1. The van der Waals surface area contributed by atoms with E-state index in [2.05, 4.69) is 50.2 Å². The maximum absolute atomic E-state index is 4.13. The second kappa shape index (κ2) is 7.24. The van der Waals surface area contributed by atoms with E-state index in [9.17, 15) is 0 Å². The first-order valence-corrected chi connectivity index (χ1v) is 8.34. The zero-order chi connectivity index (χ0) is 17.8. The lowest BCUT2D eigenvalue weighted by molar-refractivity contribution is 0.550. The third-order valence-corrected chi connectivity index (χ3v) is 4.18. The summed E-state index contributed by atoms with van der Waals surface area (Å²) >= 11 is 0. The molecule has 0 fully saturated rings. The Balaban J connectivity index is 1.43. The SMILES string of the molecule is C[C@@H](NCc1nnnn1-c1ccccc1)c1ccc(-n2ccnn2)cc1. The summed E-state index contributed by atoms with van der Waals surface area (Å²) in [6, 6.07) is 18.2. The Morgan fingerprint density at radius 3 is 2.50 bits per heavy atom. The summed E-state index contributed by atoms with van der Waals surface area (Å²) in [4.78, 5) is 0. The first kappa shape index (κ1) is 16.1. The van der Waals surface area contributed by atoms with Crippen LogP contribution in [0, 0.1) is 0 Å². The van der Waals surface area contributed by atoms with E-state index in [1.165, 1.54) is 5.56 Å². The fourth-order valence-electron chi connectivity index (χ4n) is 2.71. The van der Waals surface area contributed by atoms with Gasteiger partial charge in [-0.05, 0) is 47.2 Å². The third kappa shape index (κ3) is 3.35. The fraction of sp³-hybridized carbons (Fsp3) is 0.167. The first-order valence-electron chi connectivity index (χ1n) is 8.34. The van der Waals surface area contributed by atoms with Gasteiger partial charge in [-0.1, -0.05) is 35.5 Å². The second-order valence-corrected chi connectivity index (χ2v) is 5.88. The normalized spacial score (nSPS) is 12.2. The van der Waals surface area contributed by atoms with E-state index in [1.807, 2.05) is 48.7 Å². The average molecular weight is 346 g/mol. The Morgan fingerprint density at radius 2 is 1.77 bits per heavy atom. The molecule has 0 amide bonds. The summed E-state index contributed by atoms with van der Waals surface area (Å²) in [7, 11) is 0. The van der Waals surface area contributed by atoms with Crippen molar-refractivity contribution in [2.75, 3.05) is 0 Å². The summed E-state index contributed by atoms with van der Waals surface area (Å²) in [6.07, 6.45) is 3.48. The van der Waals surface area contributed by atoms with Crippen LogP contribution in [0.3, 0.4) is 0 Å². The van der Waals surface area contributed by atoms with Crippen molar-refractivity contribution in [1.29, 1.82) is 0 Å². The van der Waals surface area contributed by atoms with Gasteiger partial charge in [0.25, 0.3) is 0 Å². The van der Waals surface area contributed by atoms with Crippen LogP contribution in [0.15, 0.2) is 67.0 Å². The molecule has 0 saturated heterocycles. The highest BCUT2D eigenvalue weighted by molar-refractivity contribution is 5.34. The lowest BCUT2D eigenvalue weighted by atomic mass is 10.1. The van der Waals surface area contributed by atoms with E-state index >= 15 is 0 Å². The van der Waals surface area contributed by atoms with Gasteiger partial charge in [-0.15, -0.1) is 10.2 Å². The van der Waals surface area contributed by atoms with Crippen molar-refractivity contribution >= 4 is 0 Å². The molecule has 0 aliphatic heterocycles. The Bertz CT molecular complexity index is 945. The van der Waals surface area contributed by atoms with Crippen molar-refractivity contribution in [2.24, 2.45) is 0 Å². The van der Waals surface area contributed by atoms with Crippen LogP contribution in [-0.4, -0.2) is 35.2 Å². The van der Waals surface area contributed by atoms with Crippen LogP contribution in [-0.2, 0) is 6.54 Å². The van der Waals surface area contributed by atoms with Crippen LogP contribution in [0.5, 0.6) is 0 Å². The molecule has 0 unspecified atom stereocenters. The predicted octanol–water partition coefficient (Wildman–Crippen LogP) is 2.09. The van der Waals surface area contributed by atoms with Gasteiger partial charge in [0.15, 0.2) is 5.82 Å². The Kier molecular flexibility index (Phi) is 4.48. The summed E-state index contributed by atoms with van der Waals surface area (Å²) < 4.78 is 3.48. The minimum atomic E-state index is 0.153. The molecule has 2 aromatic carbocycles. The van der Waals surface area contributed by atoms with Crippen LogP contribution < -0.4 is 5.32 Å². The Hall–Kier alpha value is -3.39. The van der Waals surface area contributed by atoms with Crippen LogP contribution in [0.1, 0.15) is 24.4 Å². The Labute approximate surface area is 150 Å². The molecule has 0 spiro atoms. The third-order valence-electron chi connectivity index (χ3n) is 4.18. The molecule has 1 N–H and O–H groups in total. The predicted molar refractivity (Wildman–Crippen MR) is 95.8 cm³/mol. The lowest BCUT2D eigenvalue weighted by Crippen LogP contribution is -2.20. The molecule has 26 heavy (non-hydrogen) atoms. The monoisotopic (exact) mass is 346 g/mol. The highest BCUT2D eigenvalue weighted by atomic mass is 15.5. The topological polar surface area (TPSA) is 86.3 Å². The molecule has 0 bridgehead atoms. The maximum Gasteiger partial charge on any atom is 0.170 e. The molecule has 1 atom stereocenters. The minimum Gasteiger partial charge on any atom is -0.303 e. The zero-order valence-electron chi connectivity index (χ0n) is 14.3. The molecule has 0 radical (unpaired) electrons. The van der Waals surface area contributed by atoms with E-state index in [4.69, 9.17) is 0 Å². The lowest BCUT2D eigenvalue weighted by Gasteiger charge is -2.14. The van der Waals surface area contributed by atoms with Gasteiger partial charge in [0.2, 0.25) is 0 Å². The zero-order valence-corrected chi connectivity index (χ0v) is 14.3. The van der Waals surface area contributed by atoms with E-state index in [0.717, 1.165) is 17.2 Å². The van der Waals surface area contributed by atoms with Gasteiger partial charge in [-0.3, -0.25) is 0 Å². The number of nitrogens with zero attached hydrogens (tertiary/aromatic N) is 7. The summed E-state index contributed by atoms with van der Waals surface area (Å²) in [5, 5.41) is 23.3. The molecule has 4 rings (SSSR count). The van der Waals surface area contributed by atoms with Gasteiger partial charge >= 0.3 is 0 Å². The minimum absolute atomic E-state index is 0.153. The van der Waals surface area contributed by atoms with Crippen LogP contribution in [0.2, 0.25) is 0 Å². The molecule has 130 valence electrons. The number of aromatic nitrogens is 7. The number of rotatable bonds is 6. The number of hydrogen-bond acceptors (Lipinski definition) is 6. The van der Waals surface area contributed by atoms with Crippen molar-refractivity contribution in [3.05, 3.63) is 78.4 Å². The van der Waals surface area contributed by atoms with Gasteiger partial charge in [-0.25, -0.2) is 4.68 Å². The van der Waals surface area contributed by atoms with Crippen LogP contribution >= 0.6 is 0 Å². The molecular formula is C18H18N8. The van der Waals surface area contributed by atoms with Gasteiger partial charge in [-0.2, -0.15) is 4.68 Å². The van der Waals surface area contributed by atoms with Gasteiger partial charge < -0.3 is 5.32 Å². The molecular weight excluding hydrogens is 328 g/mol. The number of benzene rings is 2. The molecule has 0 aliphatic rings. The van der Waals surface area contributed by atoms with Gasteiger partial charge in [0.05, 0.1) is 30.3 Å². The highest BCUT2D eigenvalue weighted by Crippen LogP contribution is 2.16. The molecule has 0 saturated carbocycles. The van der Waals surface area contributed by atoms with Crippen molar-refractivity contribution in [1.82, 2.24) is 40.5 Å². The van der Waals surface area contributed by atoms with E-state index < -0.39 is 0 Å². The number of nitrogens with one attached hydrogen (secondary N) is 1. The van der Waals surface area contributed by atoms with Crippen molar-refractivity contribution in [3.8, 4) is 11.4 Å². The van der Waals surface area contributed by atoms with Crippen LogP contribution in [0.4, 0.5) is 0 Å². The highest BCUT2D eigenvalue weighted by Gasteiger charge is 2.11. The van der Waals surface area contributed by atoms with E-state index in [1.54, 1.807) is 15.6 Å². The van der Waals surface area contributed by atoms with Crippen molar-refractivity contribution < 1.29 is 0 Å². The van der Waals surface area contributed by atoms with Gasteiger partial charge in [0.1, 0.15) is 0 Å². The smallest absolute Gasteiger partial charge is 0.170 e. The number of hydrogen-bond donors (Lipinski definition) is 1. The molecule has 2 aromatic heterocycles. The quantitative estimate of drug-likeness (QED) is 0.575. The average Bonchev–Trinajstić information content (AvgIpc) is 3.39. The molecule has 0 aliphatic carbocycles. The summed E-state index contributed by atoms with van der Waals surface area (Å²) in [6.45, 7) is 2.68. The molecule has 2 heterocycles. The second-order valence-electron chi connectivity index (χ2n) is 5.88. The molecule has 8 heteroatoms. The Morgan fingerprint density at radius 1 is 0.962 bits per heavy atom. The fourth-order valence-corrected chi connectivity index (χ4v) is 2.71. The standard InChI is InChI=1S/C18H18N8/c1-14(15-7-9-16(10-8-15)25-12-11-20-23-25)19-13-18-21-22-24-26(18)17-5-3-2-4-6-17/h2-12,14,19H,13H2,1H3/t14-/m1/s1. The van der Waals surface area contributed by atoms with Gasteiger partial charge in [0, 0.05) is 6.04 Å². The summed E-state index contributed by atoms with van der Waals surface area (Å²) in [5.74, 6) is 0.766. The van der Waals surface area contributed by atoms with E-state index in [0.29, 0.717) is 6.54 Å². The first-order chi connectivity index (χ1) is 12.8. The largest absolute Gasteiger partial charge is 0.303 e. The number of tetrazole rings is 1. The van der Waals surface area contributed by atoms with Crippen LogP contribution in [0.25, 0.3) is 11.4 Å². The maximum atomic E-state index is 4.13. The molecule has 4 aromatic rings. The molecule has 8 nitrogen and oxygen atoms in total. The van der Waals surface area contributed by atoms with Crippen molar-refractivity contribution in [2.45, 2.75) is 19.5 Å². The van der Waals surface area contributed by atoms with E-state index in [-0.39, 0.29) is 6.04 Å².